The van der Waals surface area contributed by atoms with Crippen LogP contribution < -0.4 is 0 Å². The van der Waals surface area contributed by atoms with Crippen LogP contribution in [0.2, 0.25) is 0 Å². The highest BCUT2D eigenvalue weighted by atomic mass is 32.2. The van der Waals surface area contributed by atoms with Crippen LogP contribution in [0.25, 0.3) is 6.08 Å². The number of phenols is 1. The van der Waals surface area contributed by atoms with Crippen molar-refractivity contribution in [1.29, 1.82) is 0 Å². The molecule has 0 radical (unpaired) electrons. The molecule has 94 valence electrons. The number of thiocarbonyl (C=S) groups is 1. The van der Waals surface area contributed by atoms with E-state index in [1.54, 1.807) is 29.2 Å². The second-order valence-electron chi connectivity index (χ2n) is 4.24. The van der Waals surface area contributed by atoms with Gasteiger partial charge in [-0.1, -0.05) is 36.1 Å². The van der Waals surface area contributed by atoms with E-state index in [4.69, 9.17) is 12.2 Å². The second kappa shape index (κ2) is 5.12. The number of aromatic hydroxyl groups is 1. The molecule has 1 saturated heterocycles. The van der Waals surface area contributed by atoms with Gasteiger partial charge >= 0.3 is 0 Å². The Morgan fingerprint density at radius 3 is 2.72 bits per heavy atom. The molecule has 5 heteroatoms. The highest BCUT2D eigenvalue weighted by molar-refractivity contribution is 8.26. The Kier molecular flexibility index (Phi) is 3.73. The predicted molar refractivity (Wildman–Crippen MR) is 78.3 cm³/mol. The van der Waals surface area contributed by atoms with Crippen molar-refractivity contribution in [2.24, 2.45) is 0 Å². The molecule has 0 aromatic heterocycles. The van der Waals surface area contributed by atoms with Crippen LogP contribution in [0.4, 0.5) is 0 Å². The van der Waals surface area contributed by atoms with E-state index in [1.165, 1.54) is 11.8 Å². The number of carbonyl (C=O) groups is 1. The Labute approximate surface area is 115 Å². The first-order valence-corrected chi connectivity index (χ1v) is 6.77. The molecule has 1 aliphatic rings. The largest absolute Gasteiger partial charge is 0.508 e. The van der Waals surface area contributed by atoms with E-state index in [2.05, 4.69) is 0 Å². The van der Waals surface area contributed by atoms with Crippen LogP contribution in [-0.4, -0.2) is 26.3 Å². The Bertz CT molecular complexity index is 538. The molecular formula is C13H13NO2S2. The third-order valence-corrected chi connectivity index (χ3v) is 3.84. The summed E-state index contributed by atoms with van der Waals surface area (Å²) in [5.74, 6) is 0.117. The van der Waals surface area contributed by atoms with E-state index >= 15 is 0 Å². The number of nitrogens with zero attached hydrogens (tertiary/aromatic N) is 1. The maximum absolute atomic E-state index is 12.1. The lowest BCUT2D eigenvalue weighted by Gasteiger charge is -2.18. The van der Waals surface area contributed by atoms with Gasteiger partial charge < -0.3 is 5.11 Å². The minimum atomic E-state index is -0.0663. The van der Waals surface area contributed by atoms with Crippen molar-refractivity contribution in [2.45, 2.75) is 19.9 Å². The molecule has 0 spiro atoms. The maximum atomic E-state index is 12.1. The van der Waals surface area contributed by atoms with Crippen molar-refractivity contribution in [3.05, 3.63) is 34.7 Å². The fourth-order valence-electron chi connectivity index (χ4n) is 1.69. The number of amides is 1. The van der Waals surface area contributed by atoms with Gasteiger partial charge in [0.25, 0.3) is 5.91 Å². The standard InChI is InChI=1S/C13H13NO2S2/c1-8(2)14-12(16)11(18-13(14)17)7-9-4-3-5-10(15)6-9/h3-8,15H,1-2H3/b11-7-. The molecule has 1 heterocycles. The summed E-state index contributed by atoms with van der Waals surface area (Å²) in [5.41, 5.74) is 0.791. The number of rotatable bonds is 2. The molecule has 1 aromatic carbocycles. The number of phenolic OH excluding ortho intramolecular Hbond substituents is 1. The molecule has 0 bridgehead atoms. The smallest absolute Gasteiger partial charge is 0.266 e. The molecule has 0 atom stereocenters. The lowest BCUT2D eigenvalue weighted by Crippen LogP contribution is -2.34. The van der Waals surface area contributed by atoms with Crippen molar-refractivity contribution < 1.29 is 9.90 Å². The number of carbonyl (C=O) groups excluding carboxylic acids is 1. The van der Waals surface area contributed by atoms with Gasteiger partial charge in [-0.15, -0.1) is 0 Å². The number of hydrogen-bond donors (Lipinski definition) is 1. The summed E-state index contributed by atoms with van der Waals surface area (Å²) < 4.78 is 0.585. The summed E-state index contributed by atoms with van der Waals surface area (Å²) >= 11 is 6.49. The van der Waals surface area contributed by atoms with Gasteiger partial charge in [-0.3, -0.25) is 9.69 Å². The quantitative estimate of drug-likeness (QED) is 0.667. The Balaban J connectivity index is 2.31. The highest BCUT2D eigenvalue weighted by Crippen LogP contribution is 2.34. The van der Waals surface area contributed by atoms with Crippen LogP contribution in [0.15, 0.2) is 29.2 Å². The van der Waals surface area contributed by atoms with E-state index < -0.39 is 0 Å². The molecule has 0 saturated carbocycles. The van der Waals surface area contributed by atoms with E-state index in [0.29, 0.717) is 9.23 Å². The van der Waals surface area contributed by atoms with Crippen LogP contribution in [0, 0.1) is 0 Å². The van der Waals surface area contributed by atoms with Gasteiger partial charge in [-0.25, -0.2) is 0 Å². The number of thioether (sulfide) groups is 1. The van der Waals surface area contributed by atoms with Gasteiger partial charge in [0, 0.05) is 6.04 Å². The third-order valence-electron chi connectivity index (χ3n) is 2.51. The Morgan fingerprint density at radius 1 is 1.44 bits per heavy atom. The fourth-order valence-corrected chi connectivity index (χ4v) is 3.21. The Morgan fingerprint density at radius 2 is 2.17 bits per heavy atom. The van der Waals surface area contributed by atoms with Crippen LogP contribution in [0.5, 0.6) is 5.75 Å². The molecule has 1 aromatic rings. The normalized spacial score (nSPS) is 18.2. The minimum Gasteiger partial charge on any atom is -0.508 e. The van der Waals surface area contributed by atoms with Crippen molar-refractivity contribution in [3.63, 3.8) is 0 Å². The fraction of sp³-hybridized carbons (Fsp3) is 0.231. The summed E-state index contributed by atoms with van der Waals surface area (Å²) in [6.45, 7) is 3.87. The summed E-state index contributed by atoms with van der Waals surface area (Å²) in [4.78, 5) is 14.3. The van der Waals surface area contributed by atoms with Gasteiger partial charge in [-0.05, 0) is 37.6 Å². The molecule has 18 heavy (non-hydrogen) atoms. The van der Waals surface area contributed by atoms with Gasteiger partial charge in [0.2, 0.25) is 0 Å². The average Bonchev–Trinajstić information content (AvgIpc) is 2.54. The van der Waals surface area contributed by atoms with Gasteiger partial charge in [-0.2, -0.15) is 0 Å². The molecule has 1 N–H and O–H groups in total. The van der Waals surface area contributed by atoms with E-state index in [-0.39, 0.29) is 17.7 Å². The highest BCUT2D eigenvalue weighted by Gasteiger charge is 2.33. The zero-order valence-corrected chi connectivity index (χ0v) is 11.7. The van der Waals surface area contributed by atoms with Gasteiger partial charge in [0.15, 0.2) is 0 Å². The number of benzene rings is 1. The Hall–Kier alpha value is -1.33. The zero-order valence-electron chi connectivity index (χ0n) is 10.1. The molecule has 3 nitrogen and oxygen atoms in total. The first-order valence-electron chi connectivity index (χ1n) is 5.55. The summed E-state index contributed by atoms with van der Waals surface area (Å²) in [6, 6.07) is 6.84. The second-order valence-corrected chi connectivity index (χ2v) is 5.92. The molecule has 1 fully saturated rings. The topological polar surface area (TPSA) is 40.5 Å². The SMILES string of the molecule is CC(C)N1C(=O)/C(=C/c2cccc(O)c2)SC1=S. The molecule has 1 amide bonds. The van der Waals surface area contributed by atoms with Gasteiger partial charge in [0.05, 0.1) is 4.91 Å². The average molecular weight is 279 g/mol. The van der Waals surface area contributed by atoms with Crippen molar-refractivity contribution in [1.82, 2.24) is 4.90 Å². The van der Waals surface area contributed by atoms with Crippen LogP contribution in [-0.2, 0) is 4.79 Å². The van der Waals surface area contributed by atoms with Crippen LogP contribution in [0.3, 0.4) is 0 Å². The number of hydrogen-bond acceptors (Lipinski definition) is 4. The van der Waals surface area contributed by atoms with Gasteiger partial charge in [0.1, 0.15) is 10.1 Å². The molecule has 0 aliphatic carbocycles. The van der Waals surface area contributed by atoms with E-state index in [0.717, 1.165) is 5.56 Å². The lowest BCUT2D eigenvalue weighted by atomic mass is 10.2. The predicted octanol–water partition coefficient (Wildman–Crippen LogP) is 3.00. The first-order chi connectivity index (χ1) is 8.49. The molecule has 1 aliphatic heterocycles. The summed E-state index contributed by atoms with van der Waals surface area (Å²) in [7, 11) is 0. The van der Waals surface area contributed by atoms with Crippen molar-refractivity contribution in [3.8, 4) is 5.75 Å². The van der Waals surface area contributed by atoms with E-state index in [9.17, 15) is 9.90 Å². The summed E-state index contributed by atoms with van der Waals surface area (Å²) in [6.07, 6.45) is 1.75. The minimum absolute atomic E-state index is 0.0626. The van der Waals surface area contributed by atoms with E-state index in [1.807, 2.05) is 19.9 Å². The van der Waals surface area contributed by atoms with Crippen molar-refractivity contribution in [2.75, 3.05) is 0 Å². The van der Waals surface area contributed by atoms with Crippen LogP contribution in [0.1, 0.15) is 19.4 Å². The molecular weight excluding hydrogens is 266 g/mol. The first kappa shape index (κ1) is 13.1. The maximum Gasteiger partial charge on any atom is 0.266 e. The molecule has 0 unspecified atom stereocenters. The van der Waals surface area contributed by atoms with Crippen molar-refractivity contribution >= 4 is 40.3 Å². The third kappa shape index (κ3) is 2.57. The zero-order chi connectivity index (χ0) is 13.3. The van der Waals surface area contributed by atoms with Crippen LogP contribution >= 0.6 is 24.0 Å². The lowest BCUT2D eigenvalue weighted by molar-refractivity contribution is -0.123. The summed E-state index contributed by atoms with van der Waals surface area (Å²) in [5, 5.41) is 9.39. The molecule has 2 rings (SSSR count). The monoisotopic (exact) mass is 279 g/mol.